The molecular formula is C52H36. The van der Waals surface area contributed by atoms with Crippen molar-refractivity contribution in [3.8, 4) is 44.5 Å². The van der Waals surface area contributed by atoms with E-state index < -0.39 is 0 Å². The quantitative estimate of drug-likeness (QED) is 0.130. The molecule has 0 bridgehead atoms. The molecule has 52 heavy (non-hydrogen) atoms. The first kappa shape index (κ1) is 30.3. The van der Waals surface area contributed by atoms with Crippen LogP contribution in [0.5, 0.6) is 0 Å². The van der Waals surface area contributed by atoms with E-state index in [9.17, 15) is 0 Å². The fourth-order valence-electron chi connectivity index (χ4n) is 8.74. The zero-order valence-corrected chi connectivity index (χ0v) is 29.3. The van der Waals surface area contributed by atoms with Gasteiger partial charge in [0.15, 0.2) is 0 Å². The van der Waals surface area contributed by atoms with Gasteiger partial charge in [-0.1, -0.05) is 170 Å². The number of hydrogen-bond acceptors (Lipinski definition) is 0. The van der Waals surface area contributed by atoms with Crippen LogP contribution in [-0.4, -0.2) is 0 Å². The van der Waals surface area contributed by atoms with E-state index in [4.69, 9.17) is 0 Å². The first-order chi connectivity index (χ1) is 25.6. The van der Waals surface area contributed by atoms with Crippen molar-refractivity contribution in [1.82, 2.24) is 0 Å². The predicted molar refractivity (Wildman–Crippen MR) is 225 cm³/mol. The van der Waals surface area contributed by atoms with E-state index in [1.54, 1.807) is 0 Å². The van der Waals surface area contributed by atoms with Gasteiger partial charge in [0, 0.05) is 0 Å². The molecule has 10 aromatic rings. The third-order valence-corrected chi connectivity index (χ3v) is 11.1. The van der Waals surface area contributed by atoms with Gasteiger partial charge in [-0.25, -0.2) is 0 Å². The molecule has 0 radical (unpaired) electrons. The molecule has 244 valence electrons. The zero-order chi connectivity index (χ0) is 34.8. The maximum atomic E-state index is 2.41. The second kappa shape index (κ2) is 12.1. The summed E-state index contributed by atoms with van der Waals surface area (Å²) in [6, 6.07) is 67.2. The van der Waals surface area contributed by atoms with Crippen LogP contribution >= 0.6 is 0 Å². The van der Waals surface area contributed by atoms with Gasteiger partial charge < -0.3 is 0 Å². The van der Waals surface area contributed by atoms with Crippen LogP contribution in [-0.2, 0) is 0 Å². The van der Waals surface area contributed by atoms with Gasteiger partial charge in [-0.05, 0) is 135 Å². The zero-order valence-electron chi connectivity index (χ0n) is 29.3. The summed E-state index contributed by atoms with van der Waals surface area (Å²) >= 11 is 0. The Kier molecular flexibility index (Phi) is 7.05. The molecule has 0 saturated heterocycles. The standard InChI is InChI=1S/C52H36/c1-33-30-40(28-29-41(33)50-34(2)42-18-5-6-19-43(42)44-20-7-8-21-45(44)50)52-48-24-11-9-22-46(48)51(47-23-10-12-25-49(47)52)39-17-13-16-37(32-39)38-27-26-35-14-3-4-15-36(35)31-38/h3-32H,1-2H3. The van der Waals surface area contributed by atoms with Crippen molar-refractivity contribution >= 4 is 53.9 Å². The Balaban J connectivity index is 1.17. The lowest BCUT2D eigenvalue weighted by Gasteiger charge is -2.20. The van der Waals surface area contributed by atoms with Gasteiger partial charge in [-0.15, -0.1) is 0 Å². The first-order valence-electron chi connectivity index (χ1n) is 18.2. The van der Waals surface area contributed by atoms with Crippen LogP contribution < -0.4 is 0 Å². The lowest BCUT2D eigenvalue weighted by molar-refractivity contribution is 1.44. The van der Waals surface area contributed by atoms with Crippen LogP contribution in [0.25, 0.3) is 98.4 Å². The summed E-state index contributed by atoms with van der Waals surface area (Å²) in [7, 11) is 0. The molecule has 10 rings (SSSR count). The lowest BCUT2D eigenvalue weighted by atomic mass is 9.83. The van der Waals surface area contributed by atoms with Gasteiger partial charge in [0.05, 0.1) is 0 Å². The summed E-state index contributed by atoms with van der Waals surface area (Å²) in [6.07, 6.45) is 0. The number of benzene rings is 10. The van der Waals surface area contributed by atoms with Crippen LogP contribution in [0.15, 0.2) is 182 Å². The topological polar surface area (TPSA) is 0 Å². The van der Waals surface area contributed by atoms with Crippen molar-refractivity contribution in [2.75, 3.05) is 0 Å². The molecule has 0 heterocycles. The molecule has 0 aliphatic rings. The van der Waals surface area contributed by atoms with E-state index >= 15 is 0 Å². The summed E-state index contributed by atoms with van der Waals surface area (Å²) < 4.78 is 0. The maximum Gasteiger partial charge on any atom is -0.00262 e. The average molecular weight is 661 g/mol. The van der Waals surface area contributed by atoms with Crippen molar-refractivity contribution in [1.29, 1.82) is 0 Å². The van der Waals surface area contributed by atoms with Crippen molar-refractivity contribution in [3.05, 3.63) is 193 Å². The molecule has 0 aliphatic heterocycles. The summed E-state index contributed by atoms with van der Waals surface area (Å²) in [4.78, 5) is 0. The second-order valence-electron chi connectivity index (χ2n) is 14.1. The summed E-state index contributed by atoms with van der Waals surface area (Å²) in [6.45, 7) is 4.56. The highest BCUT2D eigenvalue weighted by Gasteiger charge is 2.19. The highest BCUT2D eigenvalue weighted by molar-refractivity contribution is 6.22. The van der Waals surface area contributed by atoms with Gasteiger partial charge in [-0.3, -0.25) is 0 Å². The van der Waals surface area contributed by atoms with Crippen LogP contribution in [0.1, 0.15) is 11.1 Å². The van der Waals surface area contributed by atoms with E-state index in [0.29, 0.717) is 0 Å². The molecule has 0 N–H and O–H groups in total. The largest absolute Gasteiger partial charge is 0.0616 e. The Labute approximate surface area is 304 Å². The molecule has 0 unspecified atom stereocenters. The molecule has 0 saturated carbocycles. The minimum absolute atomic E-state index is 1.23. The van der Waals surface area contributed by atoms with E-state index in [-0.39, 0.29) is 0 Å². The third-order valence-electron chi connectivity index (χ3n) is 11.1. The molecule has 0 amide bonds. The van der Waals surface area contributed by atoms with Gasteiger partial charge in [-0.2, -0.15) is 0 Å². The second-order valence-corrected chi connectivity index (χ2v) is 14.1. The molecular weight excluding hydrogens is 625 g/mol. The molecule has 0 fully saturated rings. The number of hydrogen-bond donors (Lipinski definition) is 0. The molecule has 10 aromatic carbocycles. The van der Waals surface area contributed by atoms with Crippen molar-refractivity contribution < 1.29 is 0 Å². The molecule has 0 atom stereocenters. The maximum absolute atomic E-state index is 2.41. The number of aryl methyl sites for hydroxylation is 2. The minimum Gasteiger partial charge on any atom is -0.0616 e. The SMILES string of the molecule is Cc1cc(-c2c3ccccc3c(-c3cccc(-c4ccc5ccccc5c4)c3)c3ccccc23)ccc1-c1c(C)c2ccccc2c2ccccc12. The highest BCUT2D eigenvalue weighted by atomic mass is 14.2. The van der Waals surface area contributed by atoms with Gasteiger partial charge in [0.1, 0.15) is 0 Å². The van der Waals surface area contributed by atoms with Gasteiger partial charge in [0.2, 0.25) is 0 Å². The van der Waals surface area contributed by atoms with Crippen LogP contribution in [0.2, 0.25) is 0 Å². The molecule has 0 heteroatoms. The van der Waals surface area contributed by atoms with Crippen LogP contribution in [0.4, 0.5) is 0 Å². The number of fused-ring (bicyclic) bond motifs is 6. The first-order valence-corrected chi connectivity index (χ1v) is 18.2. The van der Waals surface area contributed by atoms with E-state index in [1.165, 1.54) is 109 Å². The Morgan fingerprint density at radius 2 is 0.712 bits per heavy atom. The highest BCUT2D eigenvalue weighted by Crippen LogP contribution is 2.46. The van der Waals surface area contributed by atoms with E-state index in [0.717, 1.165) is 0 Å². The minimum atomic E-state index is 1.23. The fraction of sp³-hybridized carbons (Fsp3) is 0.0385. The smallest absolute Gasteiger partial charge is 0.00262 e. The number of rotatable bonds is 4. The lowest BCUT2D eigenvalue weighted by Crippen LogP contribution is -1.94. The molecule has 0 nitrogen and oxygen atoms in total. The Hall–Kier alpha value is -6.50. The van der Waals surface area contributed by atoms with Gasteiger partial charge >= 0.3 is 0 Å². The Morgan fingerprint density at radius 3 is 1.33 bits per heavy atom. The third kappa shape index (κ3) is 4.76. The summed E-state index contributed by atoms with van der Waals surface area (Å²) in [5.74, 6) is 0. The molecule has 0 spiro atoms. The fourth-order valence-corrected chi connectivity index (χ4v) is 8.74. The van der Waals surface area contributed by atoms with Crippen LogP contribution in [0.3, 0.4) is 0 Å². The van der Waals surface area contributed by atoms with Crippen molar-refractivity contribution in [2.24, 2.45) is 0 Å². The van der Waals surface area contributed by atoms with Gasteiger partial charge in [0.25, 0.3) is 0 Å². The normalized spacial score (nSPS) is 11.7. The summed E-state index contributed by atoms with van der Waals surface area (Å²) in [5.41, 5.74) is 12.7. The van der Waals surface area contributed by atoms with Crippen LogP contribution in [0, 0.1) is 13.8 Å². The van der Waals surface area contributed by atoms with Crippen molar-refractivity contribution in [2.45, 2.75) is 13.8 Å². The van der Waals surface area contributed by atoms with E-state index in [2.05, 4.69) is 196 Å². The monoisotopic (exact) mass is 660 g/mol. The van der Waals surface area contributed by atoms with E-state index in [1.807, 2.05) is 0 Å². The molecule has 0 aliphatic carbocycles. The Morgan fingerprint density at radius 1 is 0.269 bits per heavy atom. The summed E-state index contributed by atoms with van der Waals surface area (Å²) in [5, 5.41) is 12.8. The average Bonchev–Trinajstić information content (AvgIpc) is 3.20. The Bertz CT molecular complexity index is 2980. The molecule has 0 aromatic heterocycles. The van der Waals surface area contributed by atoms with Crippen molar-refractivity contribution in [3.63, 3.8) is 0 Å². The predicted octanol–water partition coefficient (Wildman–Crippen LogP) is 14.7.